The number of nitrogens with zero attached hydrogens (tertiary/aromatic N) is 4. The Labute approximate surface area is 128 Å². The van der Waals surface area contributed by atoms with Crippen LogP contribution in [-0.4, -0.2) is 19.7 Å². The number of para-hydroxylation sites is 2. The molecule has 3 heterocycles. The lowest BCUT2D eigenvalue weighted by Gasteiger charge is -2.06. The van der Waals surface area contributed by atoms with Crippen LogP contribution in [0, 0.1) is 0 Å². The molecule has 108 valence electrons. The van der Waals surface area contributed by atoms with Crippen LogP contribution in [0.4, 0.5) is 0 Å². The van der Waals surface area contributed by atoms with Gasteiger partial charge in [0, 0.05) is 0 Å². The zero-order chi connectivity index (χ0) is 14.9. The fourth-order valence-electron chi connectivity index (χ4n) is 2.23. The maximum absolute atomic E-state index is 12.1. The molecule has 4 rings (SSSR count). The predicted octanol–water partition coefficient (Wildman–Crippen LogP) is 2.56. The molecule has 1 aromatic carbocycles. The molecule has 0 radical (unpaired) electrons. The van der Waals surface area contributed by atoms with E-state index in [-0.39, 0.29) is 12.1 Å². The summed E-state index contributed by atoms with van der Waals surface area (Å²) in [5.41, 5.74) is 1.29. The zero-order valence-electron chi connectivity index (χ0n) is 11.3. The van der Waals surface area contributed by atoms with E-state index < -0.39 is 0 Å². The van der Waals surface area contributed by atoms with Crippen molar-refractivity contribution < 1.29 is 4.42 Å². The minimum Gasteiger partial charge on any atom is -0.418 e. The number of thiophene rings is 1. The first-order valence-electron chi connectivity index (χ1n) is 6.62. The zero-order valence-corrected chi connectivity index (χ0v) is 12.2. The number of benzene rings is 1. The van der Waals surface area contributed by atoms with E-state index in [1.54, 1.807) is 4.57 Å². The smallest absolute Gasteiger partial charge is 0.269 e. The van der Waals surface area contributed by atoms with Gasteiger partial charge in [-0.2, -0.15) is 0 Å². The van der Waals surface area contributed by atoms with Crippen LogP contribution in [-0.2, 0) is 6.54 Å². The highest BCUT2D eigenvalue weighted by Gasteiger charge is 2.12. The molecular formula is C15H10N4O2S. The number of hydrogen-bond donors (Lipinski definition) is 0. The molecule has 0 saturated carbocycles. The third-order valence-electron chi connectivity index (χ3n) is 3.24. The van der Waals surface area contributed by atoms with Crippen molar-refractivity contribution in [1.82, 2.24) is 19.7 Å². The summed E-state index contributed by atoms with van der Waals surface area (Å²) in [5, 5.41) is 10.00. The molecule has 7 heteroatoms. The average Bonchev–Trinajstić information content (AvgIpc) is 3.21. The lowest BCUT2D eigenvalue weighted by molar-refractivity contribution is 0.489. The molecule has 0 saturated heterocycles. The Kier molecular flexibility index (Phi) is 3.05. The molecule has 0 unspecified atom stereocenters. The largest absolute Gasteiger partial charge is 0.418 e. The van der Waals surface area contributed by atoms with Gasteiger partial charge in [-0.05, 0) is 23.6 Å². The van der Waals surface area contributed by atoms with Gasteiger partial charge in [-0.1, -0.05) is 18.2 Å². The van der Waals surface area contributed by atoms with Crippen LogP contribution in [0.5, 0.6) is 0 Å². The molecule has 0 atom stereocenters. The summed E-state index contributed by atoms with van der Waals surface area (Å²) in [5.74, 6) is 0.860. The van der Waals surface area contributed by atoms with Gasteiger partial charge in [-0.3, -0.25) is 9.36 Å². The lowest BCUT2D eigenvalue weighted by atomic mass is 10.3. The van der Waals surface area contributed by atoms with Crippen molar-refractivity contribution in [2.45, 2.75) is 6.54 Å². The summed E-state index contributed by atoms with van der Waals surface area (Å²) in [4.78, 5) is 17.1. The molecule has 0 amide bonds. The van der Waals surface area contributed by atoms with Crippen molar-refractivity contribution in [3.05, 3.63) is 64.2 Å². The average molecular weight is 310 g/mol. The molecule has 0 aliphatic carbocycles. The molecule has 0 N–H and O–H groups in total. The van der Waals surface area contributed by atoms with E-state index in [1.807, 2.05) is 41.8 Å². The van der Waals surface area contributed by atoms with Crippen LogP contribution in [0.25, 0.3) is 21.8 Å². The van der Waals surface area contributed by atoms with Crippen molar-refractivity contribution in [3.63, 3.8) is 0 Å². The van der Waals surface area contributed by atoms with Crippen LogP contribution in [0.2, 0.25) is 0 Å². The third kappa shape index (κ3) is 2.21. The SMILES string of the molecule is O=c1cnc2ccccc2n1Cc1nnc(-c2cccs2)o1. The monoisotopic (exact) mass is 310 g/mol. The molecule has 0 aliphatic rings. The van der Waals surface area contributed by atoms with Crippen LogP contribution in [0.1, 0.15) is 5.89 Å². The van der Waals surface area contributed by atoms with E-state index in [9.17, 15) is 4.79 Å². The Morgan fingerprint density at radius 2 is 2.05 bits per heavy atom. The van der Waals surface area contributed by atoms with E-state index in [4.69, 9.17) is 4.42 Å². The van der Waals surface area contributed by atoms with Crippen LogP contribution in [0.3, 0.4) is 0 Å². The van der Waals surface area contributed by atoms with Gasteiger partial charge in [-0.15, -0.1) is 21.5 Å². The number of aromatic nitrogens is 4. The Hall–Kier alpha value is -2.80. The molecule has 0 bridgehead atoms. The van der Waals surface area contributed by atoms with E-state index in [0.717, 1.165) is 15.9 Å². The minimum absolute atomic E-state index is 0.199. The second kappa shape index (κ2) is 5.19. The first kappa shape index (κ1) is 12.9. The lowest BCUT2D eigenvalue weighted by Crippen LogP contribution is -2.21. The molecular weight excluding hydrogens is 300 g/mol. The van der Waals surface area contributed by atoms with E-state index in [1.165, 1.54) is 17.5 Å². The van der Waals surface area contributed by atoms with Crippen LogP contribution < -0.4 is 5.56 Å². The number of rotatable bonds is 3. The summed E-state index contributed by atoms with van der Waals surface area (Å²) in [6.07, 6.45) is 1.30. The highest BCUT2D eigenvalue weighted by Crippen LogP contribution is 2.23. The Morgan fingerprint density at radius 3 is 2.91 bits per heavy atom. The van der Waals surface area contributed by atoms with Gasteiger partial charge in [0.05, 0.1) is 22.1 Å². The normalized spacial score (nSPS) is 11.1. The van der Waals surface area contributed by atoms with Crippen molar-refractivity contribution in [3.8, 4) is 10.8 Å². The fraction of sp³-hybridized carbons (Fsp3) is 0.0667. The van der Waals surface area contributed by atoms with Crippen molar-refractivity contribution in [2.75, 3.05) is 0 Å². The maximum Gasteiger partial charge on any atom is 0.269 e. The van der Waals surface area contributed by atoms with Crippen molar-refractivity contribution >= 4 is 22.4 Å². The standard InChI is InChI=1S/C15H10N4O2S/c20-14-8-16-10-4-1-2-5-11(10)19(14)9-13-17-18-15(21-13)12-6-3-7-22-12/h1-8H,9H2. The third-order valence-corrected chi connectivity index (χ3v) is 4.10. The van der Waals surface area contributed by atoms with Gasteiger partial charge >= 0.3 is 0 Å². The summed E-state index contributed by atoms with van der Waals surface area (Å²) in [6, 6.07) is 11.3. The van der Waals surface area contributed by atoms with Gasteiger partial charge in [0.15, 0.2) is 0 Å². The second-order valence-corrected chi connectivity index (χ2v) is 5.60. The van der Waals surface area contributed by atoms with Crippen LogP contribution >= 0.6 is 11.3 Å². The van der Waals surface area contributed by atoms with Crippen molar-refractivity contribution in [1.29, 1.82) is 0 Å². The van der Waals surface area contributed by atoms with Gasteiger partial charge < -0.3 is 4.42 Å². The minimum atomic E-state index is -0.199. The van der Waals surface area contributed by atoms with Crippen molar-refractivity contribution in [2.24, 2.45) is 0 Å². The molecule has 4 aromatic rings. The number of hydrogen-bond acceptors (Lipinski definition) is 6. The van der Waals surface area contributed by atoms with Gasteiger partial charge in [0.1, 0.15) is 6.54 Å². The number of fused-ring (bicyclic) bond motifs is 1. The highest BCUT2D eigenvalue weighted by atomic mass is 32.1. The maximum atomic E-state index is 12.1. The molecule has 0 spiro atoms. The summed E-state index contributed by atoms with van der Waals surface area (Å²) in [6.45, 7) is 0.222. The Balaban J connectivity index is 1.75. The second-order valence-electron chi connectivity index (χ2n) is 4.65. The molecule has 6 nitrogen and oxygen atoms in total. The molecule has 0 aliphatic heterocycles. The van der Waals surface area contributed by atoms with Crippen LogP contribution in [0.15, 0.2) is 57.2 Å². The molecule has 22 heavy (non-hydrogen) atoms. The summed E-state index contributed by atoms with van der Waals surface area (Å²) >= 11 is 1.53. The Bertz CT molecular complexity index is 988. The molecule has 0 fully saturated rings. The fourth-order valence-corrected chi connectivity index (χ4v) is 2.87. The highest BCUT2D eigenvalue weighted by molar-refractivity contribution is 7.13. The first-order valence-corrected chi connectivity index (χ1v) is 7.50. The molecule has 3 aromatic heterocycles. The summed E-state index contributed by atoms with van der Waals surface area (Å²) in [7, 11) is 0. The Morgan fingerprint density at radius 1 is 1.14 bits per heavy atom. The van der Waals surface area contributed by atoms with E-state index in [2.05, 4.69) is 15.2 Å². The topological polar surface area (TPSA) is 73.8 Å². The van der Waals surface area contributed by atoms with Gasteiger partial charge in [0.2, 0.25) is 5.89 Å². The first-order chi connectivity index (χ1) is 10.8. The van der Waals surface area contributed by atoms with E-state index in [0.29, 0.717) is 11.8 Å². The van der Waals surface area contributed by atoms with Gasteiger partial charge in [0.25, 0.3) is 11.4 Å². The van der Waals surface area contributed by atoms with Gasteiger partial charge in [-0.25, -0.2) is 4.98 Å². The quantitative estimate of drug-likeness (QED) is 0.581. The predicted molar refractivity (Wildman–Crippen MR) is 82.7 cm³/mol. The van der Waals surface area contributed by atoms with E-state index >= 15 is 0 Å². The summed E-state index contributed by atoms with van der Waals surface area (Å²) < 4.78 is 7.22.